The maximum absolute atomic E-state index is 15.5. The number of methoxy groups -OCH3 is 1. The van der Waals surface area contributed by atoms with E-state index in [0.717, 1.165) is 29.5 Å². The second-order valence-corrected chi connectivity index (χ2v) is 7.03. The van der Waals surface area contributed by atoms with Gasteiger partial charge in [0.25, 0.3) is 5.91 Å². The number of aromatic nitrogens is 2. The SMILES string of the molecule is COc1ccc(-n2c(-c3ccc(C#N)c(F)c3)nc(C(=O)N3CCCC3)c2F)cc1F. The van der Waals surface area contributed by atoms with E-state index in [2.05, 4.69) is 4.98 Å². The third-order valence-corrected chi connectivity index (χ3v) is 5.16. The predicted molar refractivity (Wildman–Crippen MR) is 105 cm³/mol. The Morgan fingerprint density at radius 2 is 1.84 bits per heavy atom. The summed E-state index contributed by atoms with van der Waals surface area (Å²) in [5, 5.41) is 8.96. The van der Waals surface area contributed by atoms with Gasteiger partial charge in [0, 0.05) is 24.7 Å². The number of hydrogen-bond donors (Lipinski definition) is 0. The van der Waals surface area contributed by atoms with E-state index in [1.807, 2.05) is 0 Å². The zero-order valence-electron chi connectivity index (χ0n) is 16.5. The first kappa shape index (κ1) is 20.5. The summed E-state index contributed by atoms with van der Waals surface area (Å²) >= 11 is 0. The van der Waals surface area contributed by atoms with Crippen LogP contribution in [0.1, 0.15) is 28.9 Å². The van der Waals surface area contributed by atoms with Crippen LogP contribution >= 0.6 is 0 Å². The van der Waals surface area contributed by atoms with Crippen LogP contribution < -0.4 is 4.74 Å². The number of hydrogen-bond acceptors (Lipinski definition) is 4. The number of carbonyl (C=O) groups excluding carboxylic acids is 1. The van der Waals surface area contributed by atoms with Crippen molar-refractivity contribution in [3.05, 3.63) is 65.2 Å². The summed E-state index contributed by atoms with van der Waals surface area (Å²) in [6, 6.07) is 9.12. The normalized spacial score (nSPS) is 13.3. The molecule has 0 atom stereocenters. The van der Waals surface area contributed by atoms with E-state index in [0.29, 0.717) is 13.1 Å². The average molecular weight is 426 g/mol. The van der Waals surface area contributed by atoms with Crippen molar-refractivity contribution in [2.24, 2.45) is 0 Å². The fraction of sp³-hybridized carbons (Fsp3) is 0.227. The number of halogens is 3. The standard InChI is InChI=1S/C22H17F3N4O2/c1-31-18-7-6-15(11-17(18)24)29-20(25)19(22(30)28-8-2-3-9-28)27-21(29)13-4-5-14(12-26)16(23)10-13/h4-7,10-11H,2-3,8-9H2,1H3. The molecule has 0 aliphatic carbocycles. The number of amides is 1. The van der Waals surface area contributed by atoms with E-state index in [4.69, 9.17) is 10.00 Å². The molecule has 1 fully saturated rings. The van der Waals surface area contributed by atoms with Gasteiger partial charge in [-0.1, -0.05) is 0 Å². The molecular formula is C22H17F3N4O2. The Morgan fingerprint density at radius 3 is 2.45 bits per heavy atom. The molecule has 9 heteroatoms. The molecule has 1 aliphatic rings. The number of benzene rings is 2. The minimum atomic E-state index is -0.985. The molecule has 0 N–H and O–H groups in total. The fourth-order valence-corrected chi connectivity index (χ4v) is 3.58. The molecule has 2 heterocycles. The molecule has 4 rings (SSSR count). The quantitative estimate of drug-likeness (QED) is 0.631. The zero-order chi connectivity index (χ0) is 22.1. The lowest BCUT2D eigenvalue weighted by molar-refractivity contribution is 0.0782. The molecule has 1 amide bonds. The van der Waals surface area contributed by atoms with Gasteiger partial charge in [0.2, 0.25) is 5.95 Å². The number of rotatable bonds is 4. The molecule has 1 aliphatic heterocycles. The van der Waals surface area contributed by atoms with E-state index in [9.17, 15) is 13.6 Å². The van der Waals surface area contributed by atoms with Crippen LogP contribution in [0.25, 0.3) is 17.1 Å². The smallest absolute Gasteiger partial charge is 0.277 e. The maximum atomic E-state index is 15.5. The third kappa shape index (κ3) is 3.61. The molecule has 158 valence electrons. The highest BCUT2D eigenvalue weighted by Gasteiger charge is 2.29. The van der Waals surface area contributed by atoms with Crippen LogP contribution in [0.15, 0.2) is 36.4 Å². The predicted octanol–water partition coefficient (Wildman–Crippen LogP) is 4.07. The van der Waals surface area contributed by atoms with Crippen molar-refractivity contribution in [2.75, 3.05) is 20.2 Å². The molecular weight excluding hydrogens is 409 g/mol. The van der Waals surface area contributed by atoms with Crippen LogP contribution in [0.5, 0.6) is 5.75 Å². The topological polar surface area (TPSA) is 71.1 Å². The van der Waals surface area contributed by atoms with Crippen molar-refractivity contribution in [3.63, 3.8) is 0 Å². The summed E-state index contributed by atoms with van der Waals surface area (Å²) in [5.74, 6) is -3.25. The molecule has 0 saturated carbocycles. The Bertz CT molecular complexity index is 1210. The van der Waals surface area contributed by atoms with Crippen molar-refractivity contribution < 1.29 is 22.7 Å². The van der Waals surface area contributed by atoms with Crippen LogP contribution in [-0.4, -0.2) is 40.6 Å². The second kappa shape index (κ2) is 8.14. The van der Waals surface area contributed by atoms with Crippen LogP contribution in [0.2, 0.25) is 0 Å². The van der Waals surface area contributed by atoms with Gasteiger partial charge in [-0.05, 0) is 43.2 Å². The number of imidazole rings is 1. The summed E-state index contributed by atoms with van der Waals surface area (Å²) in [5.41, 5.74) is -0.445. The summed E-state index contributed by atoms with van der Waals surface area (Å²) in [7, 11) is 1.30. The highest BCUT2D eigenvalue weighted by atomic mass is 19.1. The lowest BCUT2D eigenvalue weighted by atomic mass is 10.1. The van der Waals surface area contributed by atoms with Crippen LogP contribution in [0.3, 0.4) is 0 Å². The van der Waals surface area contributed by atoms with E-state index in [-0.39, 0.29) is 28.4 Å². The van der Waals surface area contributed by atoms with Crippen molar-refractivity contribution in [2.45, 2.75) is 12.8 Å². The molecule has 2 aromatic carbocycles. The van der Waals surface area contributed by atoms with Gasteiger partial charge in [-0.25, -0.2) is 13.8 Å². The van der Waals surface area contributed by atoms with E-state index in [1.54, 1.807) is 6.07 Å². The number of ether oxygens (including phenoxy) is 1. The summed E-state index contributed by atoms with van der Waals surface area (Å²) in [6.07, 6.45) is 1.62. The van der Waals surface area contributed by atoms with Gasteiger partial charge in [-0.3, -0.25) is 9.36 Å². The summed E-state index contributed by atoms with van der Waals surface area (Å²) < 4.78 is 49.9. The summed E-state index contributed by atoms with van der Waals surface area (Å²) in [6.45, 7) is 0.978. The molecule has 0 spiro atoms. The highest BCUT2D eigenvalue weighted by Crippen LogP contribution is 2.30. The van der Waals surface area contributed by atoms with Crippen molar-refractivity contribution in [1.82, 2.24) is 14.5 Å². The van der Waals surface area contributed by atoms with Crippen molar-refractivity contribution in [1.29, 1.82) is 5.26 Å². The lowest BCUT2D eigenvalue weighted by Gasteiger charge is -2.13. The molecule has 0 radical (unpaired) electrons. The van der Waals surface area contributed by atoms with E-state index in [1.165, 1.54) is 36.3 Å². The Balaban J connectivity index is 1.91. The molecule has 1 saturated heterocycles. The molecule has 0 bridgehead atoms. The van der Waals surface area contributed by atoms with Gasteiger partial charge >= 0.3 is 0 Å². The Kier molecular flexibility index (Phi) is 5.38. The van der Waals surface area contributed by atoms with Crippen LogP contribution in [0.4, 0.5) is 13.2 Å². The Morgan fingerprint density at radius 1 is 1.10 bits per heavy atom. The molecule has 1 aromatic heterocycles. The largest absolute Gasteiger partial charge is 0.494 e. The maximum Gasteiger partial charge on any atom is 0.277 e. The average Bonchev–Trinajstić information content (AvgIpc) is 3.41. The fourth-order valence-electron chi connectivity index (χ4n) is 3.58. The zero-order valence-corrected chi connectivity index (χ0v) is 16.5. The van der Waals surface area contributed by atoms with Crippen LogP contribution in [0, 0.1) is 28.9 Å². The van der Waals surface area contributed by atoms with Crippen molar-refractivity contribution >= 4 is 5.91 Å². The monoisotopic (exact) mass is 426 g/mol. The first-order chi connectivity index (χ1) is 14.9. The van der Waals surface area contributed by atoms with Crippen LogP contribution in [-0.2, 0) is 0 Å². The number of nitriles is 1. The number of nitrogens with zero attached hydrogens (tertiary/aromatic N) is 4. The lowest BCUT2D eigenvalue weighted by Crippen LogP contribution is -2.28. The second-order valence-electron chi connectivity index (χ2n) is 7.03. The van der Waals surface area contributed by atoms with Gasteiger partial charge in [-0.15, -0.1) is 0 Å². The first-order valence-corrected chi connectivity index (χ1v) is 9.56. The first-order valence-electron chi connectivity index (χ1n) is 9.56. The summed E-state index contributed by atoms with van der Waals surface area (Å²) in [4.78, 5) is 18.5. The minimum Gasteiger partial charge on any atom is -0.494 e. The molecule has 0 unspecified atom stereocenters. The molecule has 31 heavy (non-hydrogen) atoms. The molecule has 3 aromatic rings. The van der Waals surface area contributed by atoms with Gasteiger partial charge in [0.1, 0.15) is 17.7 Å². The number of carbonyl (C=O) groups is 1. The molecule has 6 nitrogen and oxygen atoms in total. The Labute approximate surface area is 176 Å². The van der Waals surface area contributed by atoms with Gasteiger partial charge in [0.15, 0.2) is 17.3 Å². The minimum absolute atomic E-state index is 0.0383. The van der Waals surface area contributed by atoms with Crippen molar-refractivity contribution in [3.8, 4) is 28.9 Å². The van der Waals surface area contributed by atoms with E-state index >= 15 is 4.39 Å². The van der Waals surface area contributed by atoms with E-state index < -0.39 is 29.2 Å². The van der Waals surface area contributed by atoms with Gasteiger partial charge in [0.05, 0.1) is 18.4 Å². The third-order valence-electron chi connectivity index (χ3n) is 5.16. The number of likely N-dealkylation sites (tertiary alicyclic amines) is 1. The highest BCUT2D eigenvalue weighted by molar-refractivity contribution is 5.93. The Hall–Kier alpha value is -3.80. The van der Waals surface area contributed by atoms with Gasteiger partial charge in [-0.2, -0.15) is 9.65 Å². The van der Waals surface area contributed by atoms with Gasteiger partial charge < -0.3 is 9.64 Å².